The van der Waals surface area contributed by atoms with Crippen LogP contribution in [0.15, 0.2) is 47.4 Å². The highest BCUT2D eigenvalue weighted by Gasteiger charge is 2.33. The second-order valence-electron chi connectivity index (χ2n) is 5.61. The molecule has 3 heterocycles. The van der Waals surface area contributed by atoms with Gasteiger partial charge >= 0.3 is 0 Å². The molecule has 1 aliphatic heterocycles. The van der Waals surface area contributed by atoms with Crippen molar-refractivity contribution in [1.82, 2.24) is 25.3 Å². The summed E-state index contributed by atoms with van der Waals surface area (Å²) in [5.41, 5.74) is 0.893. The van der Waals surface area contributed by atoms with E-state index in [1.165, 1.54) is 10.7 Å². The Morgan fingerprint density at radius 3 is 3.00 bits per heavy atom. The van der Waals surface area contributed by atoms with Crippen molar-refractivity contribution in [3.8, 4) is 0 Å². The fourth-order valence-corrected chi connectivity index (χ4v) is 2.91. The second kappa shape index (κ2) is 5.89. The average Bonchev–Trinajstić information content (AvgIpc) is 3.22. The van der Waals surface area contributed by atoms with E-state index in [-0.39, 0.29) is 23.6 Å². The zero-order valence-corrected chi connectivity index (χ0v) is 12.7. The van der Waals surface area contributed by atoms with Gasteiger partial charge in [0.15, 0.2) is 5.69 Å². The maximum atomic E-state index is 12.6. The summed E-state index contributed by atoms with van der Waals surface area (Å²) in [5.74, 6) is -0.308. The molecule has 24 heavy (non-hydrogen) atoms. The van der Waals surface area contributed by atoms with Crippen LogP contribution in [0.5, 0.6) is 0 Å². The predicted octanol–water partition coefficient (Wildman–Crippen LogP) is 0.489. The van der Waals surface area contributed by atoms with E-state index in [9.17, 15) is 9.59 Å². The number of hydrogen-bond donors (Lipinski definition) is 2. The van der Waals surface area contributed by atoms with Gasteiger partial charge in [0.1, 0.15) is 6.04 Å². The molecular weight excluding hydrogens is 310 g/mol. The molecule has 0 saturated carbocycles. The smallest absolute Gasteiger partial charge is 0.272 e. The minimum absolute atomic E-state index is 0.225. The third-order valence-electron chi connectivity index (χ3n) is 4.11. The largest absolute Gasteiger partial charge is 0.377 e. The zero-order chi connectivity index (χ0) is 16.5. The molecule has 0 aliphatic carbocycles. The number of nitrogens with zero attached hydrogens (tertiary/aromatic N) is 3. The third kappa shape index (κ3) is 2.46. The van der Waals surface area contributed by atoms with Crippen molar-refractivity contribution in [3.05, 3.63) is 58.6 Å². The first-order chi connectivity index (χ1) is 11.7. The number of nitrogens with one attached hydrogen (secondary N) is 2. The highest BCUT2D eigenvalue weighted by Crippen LogP contribution is 2.19. The van der Waals surface area contributed by atoms with Crippen LogP contribution < -0.4 is 10.9 Å². The van der Waals surface area contributed by atoms with Crippen molar-refractivity contribution in [2.75, 3.05) is 13.2 Å². The lowest BCUT2D eigenvalue weighted by Crippen LogP contribution is -2.44. The number of fused-ring (bicyclic) bond motifs is 1. The molecule has 2 aromatic heterocycles. The van der Waals surface area contributed by atoms with Crippen LogP contribution in [0.3, 0.4) is 0 Å². The van der Waals surface area contributed by atoms with Crippen LogP contribution in [0, 0.1) is 0 Å². The molecule has 122 valence electrons. The van der Waals surface area contributed by atoms with Crippen LogP contribution in [0.2, 0.25) is 0 Å². The van der Waals surface area contributed by atoms with Gasteiger partial charge in [-0.3, -0.25) is 14.7 Å². The van der Waals surface area contributed by atoms with Gasteiger partial charge in [0.25, 0.3) is 11.5 Å². The summed E-state index contributed by atoms with van der Waals surface area (Å²) in [6.45, 7) is 0.644. The van der Waals surface area contributed by atoms with E-state index in [2.05, 4.69) is 20.6 Å². The Morgan fingerprint density at radius 1 is 1.25 bits per heavy atom. The molecule has 0 bridgehead atoms. The highest BCUT2D eigenvalue weighted by atomic mass is 16.5. The Hall–Kier alpha value is -3.00. The molecule has 1 amide bonds. The summed E-state index contributed by atoms with van der Waals surface area (Å²) < 4.78 is 6.79. The van der Waals surface area contributed by atoms with Gasteiger partial charge in [-0.05, 0) is 12.1 Å². The number of carbonyl (C=O) groups excluding carboxylic acids is 1. The molecule has 2 atom stereocenters. The third-order valence-corrected chi connectivity index (χ3v) is 4.11. The molecule has 3 aromatic rings. The van der Waals surface area contributed by atoms with Gasteiger partial charge in [0.2, 0.25) is 0 Å². The summed E-state index contributed by atoms with van der Waals surface area (Å²) >= 11 is 0. The lowest BCUT2D eigenvalue weighted by Gasteiger charge is -2.19. The van der Waals surface area contributed by atoms with E-state index >= 15 is 0 Å². The summed E-state index contributed by atoms with van der Waals surface area (Å²) in [6, 6.07) is 9.74. The molecule has 0 spiro atoms. The van der Waals surface area contributed by atoms with Crippen LogP contribution in [-0.2, 0) is 4.74 Å². The average molecular weight is 325 g/mol. The summed E-state index contributed by atoms with van der Waals surface area (Å²) in [4.78, 5) is 24.5. The Bertz CT molecular complexity index is 948. The van der Waals surface area contributed by atoms with E-state index in [0.29, 0.717) is 18.9 Å². The van der Waals surface area contributed by atoms with Crippen molar-refractivity contribution in [3.63, 3.8) is 0 Å². The highest BCUT2D eigenvalue weighted by molar-refractivity contribution is 6.04. The number of hydrogen-bond acceptors (Lipinski definition) is 5. The van der Waals surface area contributed by atoms with Crippen molar-refractivity contribution >= 4 is 16.8 Å². The number of carbonyl (C=O) groups is 1. The summed E-state index contributed by atoms with van der Waals surface area (Å²) in [6.07, 6.45) is 1.54. The Balaban J connectivity index is 1.59. The van der Waals surface area contributed by atoms with Crippen LogP contribution in [-0.4, -0.2) is 45.1 Å². The molecular formula is C16H15N5O3. The number of aromatic nitrogens is 4. The van der Waals surface area contributed by atoms with Gasteiger partial charge in [-0.2, -0.15) is 10.2 Å². The zero-order valence-electron chi connectivity index (χ0n) is 12.7. The summed E-state index contributed by atoms with van der Waals surface area (Å²) in [5, 5.41) is 14.7. The molecule has 0 radical (unpaired) electrons. The summed E-state index contributed by atoms with van der Waals surface area (Å²) in [7, 11) is 0. The van der Waals surface area contributed by atoms with Gasteiger partial charge in [-0.25, -0.2) is 4.68 Å². The Kier molecular flexibility index (Phi) is 3.58. The molecule has 4 rings (SSSR count). The van der Waals surface area contributed by atoms with E-state index in [1.807, 2.05) is 24.3 Å². The predicted molar refractivity (Wildman–Crippen MR) is 85.7 cm³/mol. The Labute approximate surface area is 136 Å². The first kappa shape index (κ1) is 14.6. The quantitative estimate of drug-likeness (QED) is 0.730. The maximum Gasteiger partial charge on any atom is 0.272 e. The molecule has 1 saturated heterocycles. The van der Waals surface area contributed by atoms with E-state index in [1.54, 1.807) is 12.3 Å². The van der Waals surface area contributed by atoms with Gasteiger partial charge in [0, 0.05) is 17.6 Å². The molecule has 8 nitrogen and oxygen atoms in total. The van der Waals surface area contributed by atoms with Gasteiger partial charge in [-0.15, -0.1) is 0 Å². The number of para-hydroxylation sites is 1. The van der Waals surface area contributed by atoms with E-state index in [0.717, 1.165) is 10.9 Å². The normalized spacial score (nSPS) is 20.3. The van der Waals surface area contributed by atoms with E-state index in [4.69, 9.17) is 4.74 Å². The van der Waals surface area contributed by atoms with Gasteiger partial charge in [0.05, 0.1) is 24.8 Å². The van der Waals surface area contributed by atoms with E-state index < -0.39 is 0 Å². The Morgan fingerprint density at radius 2 is 2.12 bits per heavy atom. The fraction of sp³-hybridized carbons (Fsp3) is 0.250. The number of amides is 1. The number of benzene rings is 1. The monoisotopic (exact) mass is 325 g/mol. The standard InChI is InChI=1S/C16H15N5O3/c22-14-6-3-7-17-21(14)13-9-24-8-12(13)18-16(23)15-10-4-1-2-5-11(10)19-20-15/h1-7,12-13H,8-9H2,(H,18,23)(H,19,20). The fourth-order valence-electron chi connectivity index (χ4n) is 2.91. The first-order valence-electron chi connectivity index (χ1n) is 7.59. The number of H-pyrrole nitrogens is 1. The molecule has 1 aromatic carbocycles. The van der Waals surface area contributed by atoms with Crippen LogP contribution in [0.4, 0.5) is 0 Å². The van der Waals surface area contributed by atoms with Crippen LogP contribution in [0.1, 0.15) is 16.5 Å². The lowest BCUT2D eigenvalue weighted by molar-refractivity contribution is 0.0921. The van der Waals surface area contributed by atoms with Gasteiger partial charge in [-0.1, -0.05) is 18.2 Å². The van der Waals surface area contributed by atoms with Crippen LogP contribution in [0.25, 0.3) is 10.9 Å². The second-order valence-corrected chi connectivity index (χ2v) is 5.61. The van der Waals surface area contributed by atoms with Gasteiger partial charge < -0.3 is 10.1 Å². The topological polar surface area (TPSA) is 102 Å². The van der Waals surface area contributed by atoms with Crippen molar-refractivity contribution in [1.29, 1.82) is 0 Å². The molecule has 2 unspecified atom stereocenters. The SMILES string of the molecule is O=C(NC1COCC1n1ncccc1=O)c1n[nH]c2ccccc12. The van der Waals surface area contributed by atoms with Crippen molar-refractivity contribution in [2.45, 2.75) is 12.1 Å². The molecule has 8 heteroatoms. The first-order valence-corrected chi connectivity index (χ1v) is 7.59. The minimum Gasteiger partial charge on any atom is -0.377 e. The van der Waals surface area contributed by atoms with Crippen molar-refractivity contribution in [2.24, 2.45) is 0 Å². The molecule has 1 fully saturated rings. The maximum absolute atomic E-state index is 12.6. The molecule has 2 N–H and O–H groups in total. The number of aromatic amines is 1. The molecule has 1 aliphatic rings. The van der Waals surface area contributed by atoms with Crippen molar-refractivity contribution < 1.29 is 9.53 Å². The number of ether oxygens (including phenoxy) is 1. The minimum atomic E-state index is -0.347. The lowest BCUT2D eigenvalue weighted by atomic mass is 10.1. The van der Waals surface area contributed by atoms with Crippen LogP contribution >= 0.6 is 0 Å². The number of rotatable bonds is 3.